The molecule has 1 saturated heterocycles. The number of methoxy groups -OCH3 is 1. The van der Waals surface area contributed by atoms with Crippen LogP contribution in [0.3, 0.4) is 0 Å². The second-order valence-electron chi connectivity index (χ2n) is 2.47. The van der Waals surface area contributed by atoms with E-state index in [1.807, 2.05) is 0 Å². The number of ether oxygens (including phenoxy) is 3. The largest absolute Gasteiger partial charge is 0.436 e. The topological polar surface area (TPSA) is 44.8 Å². The van der Waals surface area contributed by atoms with Crippen molar-refractivity contribution in [2.24, 2.45) is 0 Å². The molecule has 64 valence electrons. The Hall–Kier alpha value is -0.610. The molecule has 0 aliphatic carbocycles. The third-order valence-corrected chi connectivity index (χ3v) is 1.55. The summed E-state index contributed by atoms with van der Waals surface area (Å²) in [7, 11) is 1.62. The molecule has 0 aromatic carbocycles. The van der Waals surface area contributed by atoms with E-state index in [1.54, 1.807) is 7.11 Å². The molecule has 2 unspecified atom stereocenters. The van der Waals surface area contributed by atoms with Crippen LogP contribution < -0.4 is 0 Å². The van der Waals surface area contributed by atoms with Gasteiger partial charge in [0.1, 0.15) is 0 Å². The summed E-state index contributed by atoms with van der Waals surface area (Å²) in [5, 5.41) is 0. The minimum absolute atomic E-state index is 0.0688. The van der Waals surface area contributed by atoms with E-state index >= 15 is 0 Å². The van der Waals surface area contributed by atoms with Crippen molar-refractivity contribution in [1.29, 1.82) is 0 Å². The minimum atomic E-state index is -0.405. The molecule has 0 amide bonds. The monoisotopic (exact) mass is 160 g/mol. The Bertz CT molecular complexity index is 145. The van der Waals surface area contributed by atoms with Gasteiger partial charge in [-0.2, -0.15) is 0 Å². The highest BCUT2D eigenvalue weighted by molar-refractivity contribution is 5.66. The number of carbonyl (C=O) groups is 1. The summed E-state index contributed by atoms with van der Waals surface area (Å²) in [5.74, 6) is -0.313. The van der Waals surface area contributed by atoms with Crippen LogP contribution in [0.15, 0.2) is 0 Å². The highest BCUT2D eigenvalue weighted by atomic mass is 16.7. The molecule has 1 rings (SSSR count). The van der Waals surface area contributed by atoms with E-state index in [0.717, 1.165) is 0 Å². The lowest BCUT2D eigenvalue weighted by molar-refractivity contribution is -0.166. The van der Waals surface area contributed by atoms with Crippen molar-refractivity contribution in [3.8, 4) is 0 Å². The molecule has 0 bridgehead atoms. The van der Waals surface area contributed by atoms with Gasteiger partial charge in [-0.15, -0.1) is 0 Å². The Morgan fingerprint density at radius 1 is 1.64 bits per heavy atom. The van der Waals surface area contributed by atoms with Gasteiger partial charge < -0.3 is 14.2 Å². The highest BCUT2D eigenvalue weighted by Gasteiger charge is 2.27. The number of hydrogen-bond donors (Lipinski definition) is 0. The fraction of sp³-hybridized carbons (Fsp3) is 0.857. The standard InChI is InChI=1S/C7H12O4/c1-5(8)11-7-3-6(9-2)4-10-7/h6-7H,3-4H2,1-2H3. The van der Waals surface area contributed by atoms with E-state index in [4.69, 9.17) is 14.2 Å². The number of hydrogen-bond acceptors (Lipinski definition) is 4. The molecule has 0 aromatic heterocycles. The van der Waals surface area contributed by atoms with Crippen LogP contribution in [0.2, 0.25) is 0 Å². The maximum atomic E-state index is 10.5. The van der Waals surface area contributed by atoms with E-state index in [0.29, 0.717) is 13.0 Å². The van der Waals surface area contributed by atoms with Crippen molar-refractivity contribution in [2.45, 2.75) is 25.7 Å². The molecule has 0 N–H and O–H groups in total. The fourth-order valence-electron chi connectivity index (χ4n) is 0.997. The van der Waals surface area contributed by atoms with Crippen LogP contribution in [0.1, 0.15) is 13.3 Å². The molecule has 4 nitrogen and oxygen atoms in total. The molecule has 0 spiro atoms. The average molecular weight is 160 g/mol. The molecular weight excluding hydrogens is 148 g/mol. The zero-order valence-electron chi connectivity index (χ0n) is 6.70. The van der Waals surface area contributed by atoms with Gasteiger partial charge in [-0.05, 0) is 0 Å². The van der Waals surface area contributed by atoms with Gasteiger partial charge in [-0.3, -0.25) is 4.79 Å². The van der Waals surface area contributed by atoms with Crippen LogP contribution in [0.25, 0.3) is 0 Å². The molecule has 1 aliphatic heterocycles. The summed E-state index contributed by atoms with van der Waals surface area (Å²) in [6, 6.07) is 0. The number of carbonyl (C=O) groups excluding carboxylic acids is 1. The molecular formula is C7H12O4. The van der Waals surface area contributed by atoms with Gasteiger partial charge >= 0.3 is 5.97 Å². The molecule has 0 radical (unpaired) electrons. The van der Waals surface area contributed by atoms with Crippen molar-refractivity contribution >= 4 is 5.97 Å². The lowest BCUT2D eigenvalue weighted by atomic mass is 10.3. The molecule has 0 aromatic rings. The van der Waals surface area contributed by atoms with Crippen LogP contribution in [-0.2, 0) is 19.0 Å². The van der Waals surface area contributed by atoms with Crippen molar-refractivity contribution in [3.63, 3.8) is 0 Å². The van der Waals surface area contributed by atoms with Crippen LogP contribution in [-0.4, -0.2) is 32.1 Å². The third-order valence-electron chi connectivity index (χ3n) is 1.55. The lowest BCUT2D eigenvalue weighted by Gasteiger charge is -2.07. The van der Waals surface area contributed by atoms with Gasteiger partial charge in [0.15, 0.2) is 0 Å². The molecule has 1 fully saturated rings. The van der Waals surface area contributed by atoms with Gasteiger partial charge in [0.25, 0.3) is 0 Å². The van der Waals surface area contributed by atoms with Crippen molar-refractivity contribution < 1.29 is 19.0 Å². The summed E-state index contributed by atoms with van der Waals surface area (Å²) in [4.78, 5) is 10.5. The Morgan fingerprint density at radius 3 is 2.82 bits per heavy atom. The second-order valence-corrected chi connectivity index (χ2v) is 2.47. The molecule has 0 saturated carbocycles. The van der Waals surface area contributed by atoms with Crippen LogP contribution in [0.4, 0.5) is 0 Å². The maximum Gasteiger partial charge on any atom is 0.304 e. The van der Waals surface area contributed by atoms with Crippen molar-refractivity contribution in [3.05, 3.63) is 0 Å². The molecule has 2 atom stereocenters. The van der Waals surface area contributed by atoms with Crippen molar-refractivity contribution in [2.75, 3.05) is 13.7 Å². The van der Waals surface area contributed by atoms with E-state index in [2.05, 4.69) is 0 Å². The van der Waals surface area contributed by atoms with Gasteiger partial charge in [-0.1, -0.05) is 0 Å². The predicted molar refractivity (Wildman–Crippen MR) is 36.9 cm³/mol. The molecule has 4 heteroatoms. The van der Waals surface area contributed by atoms with E-state index in [9.17, 15) is 4.79 Å². The Kier molecular flexibility index (Phi) is 2.84. The molecule has 1 heterocycles. The summed E-state index contributed by atoms with van der Waals surface area (Å²) in [5.41, 5.74) is 0. The fourth-order valence-corrected chi connectivity index (χ4v) is 0.997. The highest BCUT2D eigenvalue weighted by Crippen LogP contribution is 2.16. The molecule has 11 heavy (non-hydrogen) atoms. The van der Waals surface area contributed by atoms with E-state index in [-0.39, 0.29) is 12.1 Å². The Labute approximate surface area is 65.4 Å². The lowest BCUT2D eigenvalue weighted by Crippen LogP contribution is -2.15. The van der Waals surface area contributed by atoms with Crippen molar-refractivity contribution in [1.82, 2.24) is 0 Å². The van der Waals surface area contributed by atoms with Gasteiger partial charge in [0, 0.05) is 20.5 Å². The predicted octanol–water partition coefficient (Wildman–Crippen LogP) is 0.311. The van der Waals surface area contributed by atoms with Gasteiger partial charge in [-0.25, -0.2) is 0 Å². The zero-order chi connectivity index (χ0) is 8.27. The first kappa shape index (κ1) is 8.49. The number of rotatable bonds is 2. The zero-order valence-corrected chi connectivity index (χ0v) is 6.70. The normalized spacial score (nSPS) is 30.4. The smallest absolute Gasteiger partial charge is 0.304 e. The average Bonchev–Trinajstić information content (AvgIpc) is 2.34. The van der Waals surface area contributed by atoms with Gasteiger partial charge in [0.2, 0.25) is 6.29 Å². The summed E-state index contributed by atoms with van der Waals surface area (Å²) in [6.07, 6.45) is 0.299. The van der Waals surface area contributed by atoms with Crippen LogP contribution in [0, 0.1) is 0 Å². The molecule has 1 aliphatic rings. The first-order valence-corrected chi connectivity index (χ1v) is 3.54. The van der Waals surface area contributed by atoms with E-state index < -0.39 is 6.29 Å². The quantitative estimate of drug-likeness (QED) is 0.545. The second kappa shape index (κ2) is 3.69. The third kappa shape index (κ3) is 2.48. The Morgan fingerprint density at radius 2 is 2.36 bits per heavy atom. The summed E-state index contributed by atoms with van der Waals surface area (Å²) < 4.78 is 14.9. The summed E-state index contributed by atoms with van der Waals surface area (Å²) >= 11 is 0. The first-order valence-electron chi connectivity index (χ1n) is 3.54. The number of esters is 1. The van der Waals surface area contributed by atoms with E-state index in [1.165, 1.54) is 6.92 Å². The SMILES string of the molecule is COC1COC(OC(C)=O)C1. The Balaban J connectivity index is 2.24. The minimum Gasteiger partial charge on any atom is -0.436 e. The van der Waals surface area contributed by atoms with Crippen LogP contribution >= 0.6 is 0 Å². The maximum absolute atomic E-state index is 10.5. The van der Waals surface area contributed by atoms with Crippen LogP contribution in [0.5, 0.6) is 0 Å². The first-order chi connectivity index (χ1) is 5.22. The van der Waals surface area contributed by atoms with Gasteiger partial charge in [0.05, 0.1) is 12.7 Å². The summed E-state index contributed by atoms with van der Waals surface area (Å²) in [6.45, 7) is 1.87.